The zero-order valence-corrected chi connectivity index (χ0v) is 15.2. The Kier molecular flexibility index (Phi) is 5.68. The first-order chi connectivity index (χ1) is 11.2. The highest BCUT2D eigenvalue weighted by Crippen LogP contribution is 2.30. The van der Waals surface area contributed by atoms with Gasteiger partial charge in [0, 0.05) is 19.0 Å². The molecular weight excluding hydrogens is 302 g/mol. The lowest BCUT2D eigenvalue weighted by Gasteiger charge is -2.37. The van der Waals surface area contributed by atoms with E-state index in [9.17, 15) is 14.7 Å². The van der Waals surface area contributed by atoms with Crippen LogP contribution in [-0.2, 0) is 11.2 Å². The average Bonchev–Trinajstić information content (AvgIpc) is 2.53. The van der Waals surface area contributed by atoms with Gasteiger partial charge in [0.25, 0.3) is 0 Å². The molecule has 0 aliphatic carbocycles. The van der Waals surface area contributed by atoms with E-state index in [2.05, 4.69) is 20.8 Å². The second kappa shape index (κ2) is 7.37. The first-order valence-electron chi connectivity index (χ1n) is 8.80. The summed E-state index contributed by atoms with van der Waals surface area (Å²) in [5, 5.41) is 9.29. The predicted molar refractivity (Wildman–Crippen MR) is 95.0 cm³/mol. The highest BCUT2D eigenvalue weighted by molar-refractivity contribution is 5.89. The lowest BCUT2D eigenvalue weighted by atomic mass is 9.80. The summed E-state index contributed by atoms with van der Waals surface area (Å²) in [7, 11) is 0. The molecule has 1 aliphatic rings. The third-order valence-electron chi connectivity index (χ3n) is 5.35. The van der Waals surface area contributed by atoms with Gasteiger partial charge in [0.1, 0.15) is 0 Å². The number of carboxylic acids is 1. The summed E-state index contributed by atoms with van der Waals surface area (Å²) in [6.07, 6.45) is 2.66. The highest BCUT2D eigenvalue weighted by Gasteiger charge is 2.32. The van der Waals surface area contributed by atoms with Crippen molar-refractivity contribution in [2.24, 2.45) is 17.3 Å². The van der Waals surface area contributed by atoms with E-state index < -0.39 is 5.97 Å². The third-order valence-corrected chi connectivity index (χ3v) is 5.35. The lowest BCUT2D eigenvalue weighted by molar-refractivity contribution is -0.139. The van der Waals surface area contributed by atoms with Crippen LogP contribution in [0.5, 0.6) is 0 Å². The summed E-state index contributed by atoms with van der Waals surface area (Å²) in [6, 6.07) is 7.23. The van der Waals surface area contributed by atoms with Gasteiger partial charge in [0.15, 0.2) is 0 Å². The van der Waals surface area contributed by atoms with Crippen LogP contribution in [0.1, 0.15) is 56.5 Å². The van der Waals surface area contributed by atoms with Gasteiger partial charge < -0.3 is 10.0 Å². The molecule has 1 aliphatic heterocycles. The largest absolute Gasteiger partial charge is 0.478 e. The Balaban J connectivity index is 1.94. The first-order valence-corrected chi connectivity index (χ1v) is 8.80. The lowest BCUT2D eigenvalue weighted by Crippen LogP contribution is -2.44. The van der Waals surface area contributed by atoms with Crippen LogP contribution in [0, 0.1) is 17.3 Å². The van der Waals surface area contributed by atoms with E-state index in [1.807, 2.05) is 24.0 Å². The molecule has 0 spiro atoms. The zero-order chi connectivity index (χ0) is 17.9. The van der Waals surface area contributed by atoms with Crippen LogP contribution in [0.15, 0.2) is 24.3 Å². The van der Waals surface area contributed by atoms with Crippen LogP contribution < -0.4 is 0 Å². The average molecular weight is 331 g/mol. The maximum absolute atomic E-state index is 12.6. The van der Waals surface area contributed by atoms with Gasteiger partial charge in [-0.1, -0.05) is 45.9 Å². The third kappa shape index (κ3) is 4.37. The Labute approximate surface area is 144 Å². The van der Waals surface area contributed by atoms with Crippen LogP contribution in [-0.4, -0.2) is 35.0 Å². The second-order valence-electron chi connectivity index (χ2n) is 8.02. The van der Waals surface area contributed by atoms with Crippen molar-refractivity contribution < 1.29 is 14.7 Å². The number of amides is 1. The summed E-state index contributed by atoms with van der Waals surface area (Å²) in [6.45, 7) is 9.87. The van der Waals surface area contributed by atoms with E-state index in [-0.39, 0.29) is 17.2 Å². The molecule has 1 aromatic carbocycles. The normalized spacial score (nSPS) is 17.6. The molecule has 1 N–H and O–H groups in total. The fourth-order valence-electron chi connectivity index (χ4n) is 3.22. The Morgan fingerprint density at radius 1 is 1.21 bits per heavy atom. The van der Waals surface area contributed by atoms with E-state index in [4.69, 9.17) is 0 Å². The Hall–Kier alpha value is -1.84. The maximum atomic E-state index is 12.6. The molecule has 24 heavy (non-hydrogen) atoms. The number of benzene rings is 1. The number of likely N-dealkylation sites (tertiary alicyclic amines) is 1. The number of rotatable bonds is 4. The van der Waals surface area contributed by atoms with Crippen molar-refractivity contribution in [2.45, 2.75) is 47.0 Å². The van der Waals surface area contributed by atoms with Gasteiger partial charge in [-0.3, -0.25) is 4.79 Å². The summed E-state index contributed by atoms with van der Waals surface area (Å²) in [5.41, 5.74) is 1.28. The molecule has 1 amide bonds. The molecule has 0 saturated carbocycles. The highest BCUT2D eigenvalue weighted by atomic mass is 16.4. The van der Waals surface area contributed by atoms with Gasteiger partial charge in [0.05, 0.1) is 5.56 Å². The second-order valence-corrected chi connectivity index (χ2v) is 8.02. The van der Waals surface area contributed by atoms with Crippen molar-refractivity contribution in [2.75, 3.05) is 13.1 Å². The first kappa shape index (κ1) is 18.5. The number of carbonyl (C=O) groups excluding carboxylic acids is 1. The molecule has 0 aromatic heterocycles. The number of nitrogens with zero attached hydrogens (tertiary/aromatic N) is 1. The van der Waals surface area contributed by atoms with Crippen LogP contribution in [0.4, 0.5) is 0 Å². The van der Waals surface area contributed by atoms with E-state index in [0.29, 0.717) is 11.5 Å². The van der Waals surface area contributed by atoms with Crippen molar-refractivity contribution in [1.82, 2.24) is 4.90 Å². The SMILES string of the molecule is CC(C(=O)N1CCC(Cc2ccccc2C(=O)O)CC1)C(C)(C)C. The monoisotopic (exact) mass is 331 g/mol. The Bertz CT molecular complexity index is 595. The molecular formula is C20H29NO3. The van der Waals surface area contributed by atoms with Crippen LogP contribution in [0.3, 0.4) is 0 Å². The minimum atomic E-state index is -0.864. The molecule has 0 bridgehead atoms. The van der Waals surface area contributed by atoms with Crippen molar-refractivity contribution in [3.05, 3.63) is 35.4 Å². The maximum Gasteiger partial charge on any atom is 0.335 e. The van der Waals surface area contributed by atoms with Crippen molar-refractivity contribution in [3.8, 4) is 0 Å². The van der Waals surface area contributed by atoms with Gasteiger partial charge in [0.2, 0.25) is 5.91 Å². The van der Waals surface area contributed by atoms with Gasteiger partial charge in [-0.15, -0.1) is 0 Å². The molecule has 4 nitrogen and oxygen atoms in total. The Morgan fingerprint density at radius 3 is 2.33 bits per heavy atom. The molecule has 1 saturated heterocycles. The predicted octanol–water partition coefficient (Wildman–Crippen LogP) is 3.85. The van der Waals surface area contributed by atoms with Crippen molar-refractivity contribution in [3.63, 3.8) is 0 Å². The van der Waals surface area contributed by atoms with E-state index in [1.165, 1.54) is 0 Å². The van der Waals surface area contributed by atoms with Crippen LogP contribution in [0.2, 0.25) is 0 Å². The van der Waals surface area contributed by atoms with Gasteiger partial charge in [-0.25, -0.2) is 4.79 Å². The van der Waals surface area contributed by atoms with Gasteiger partial charge >= 0.3 is 5.97 Å². The number of carbonyl (C=O) groups is 2. The zero-order valence-electron chi connectivity index (χ0n) is 15.2. The topological polar surface area (TPSA) is 57.6 Å². The molecule has 1 aromatic rings. The number of carboxylic acid groups (broad SMARTS) is 1. The molecule has 132 valence electrons. The summed E-state index contributed by atoms with van der Waals surface area (Å²) >= 11 is 0. The van der Waals surface area contributed by atoms with Crippen LogP contribution in [0.25, 0.3) is 0 Å². The fourth-order valence-corrected chi connectivity index (χ4v) is 3.22. The number of piperidine rings is 1. The summed E-state index contributed by atoms with van der Waals surface area (Å²) in [4.78, 5) is 25.9. The van der Waals surface area contributed by atoms with Gasteiger partial charge in [-0.05, 0) is 42.2 Å². The molecule has 0 radical (unpaired) electrons. The van der Waals surface area contributed by atoms with Crippen molar-refractivity contribution >= 4 is 11.9 Å². The van der Waals surface area contributed by atoms with E-state index >= 15 is 0 Å². The molecule has 4 heteroatoms. The quantitative estimate of drug-likeness (QED) is 0.912. The summed E-state index contributed by atoms with van der Waals surface area (Å²) < 4.78 is 0. The number of hydrogen-bond donors (Lipinski definition) is 1. The minimum Gasteiger partial charge on any atom is -0.478 e. The molecule has 1 fully saturated rings. The van der Waals surface area contributed by atoms with E-state index in [0.717, 1.165) is 37.9 Å². The summed E-state index contributed by atoms with van der Waals surface area (Å²) in [5.74, 6) is -0.162. The smallest absolute Gasteiger partial charge is 0.335 e. The molecule has 2 rings (SSSR count). The Morgan fingerprint density at radius 2 is 1.79 bits per heavy atom. The molecule has 1 unspecified atom stereocenters. The fraction of sp³-hybridized carbons (Fsp3) is 0.600. The van der Waals surface area contributed by atoms with E-state index in [1.54, 1.807) is 12.1 Å². The van der Waals surface area contributed by atoms with Gasteiger partial charge in [-0.2, -0.15) is 0 Å². The standard InChI is InChI=1S/C20H29NO3/c1-14(20(2,3)4)18(22)21-11-9-15(10-12-21)13-16-7-5-6-8-17(16)19(23)24/h5-8,14-15H,9-13H2,1-4H3,(H,23,24). The van der Waals surface area contributed by atoms with Crippen molar-refractivity contribution in [1.29, 1.82) is 0 Å². The molecule has 1 heterocycles. The molecule has 1 atom stereocenters. The van der Waals surface area contributed by atoms with Crippen LogP contribution >= 0.6 is 0 Å². The number of hydrogen-bond acceptors (Lipinski definition) is 2. The minimum absolute atomic E-state index is 0.0155. The number of aromatic carboxylic acids is 1.